The number of halogens is 1. The van der Waals surface area contributed by atoms with Crippen LogP contribution >= 0.6 is 15.9 Å². The summed E-state index contributed by atoms with van der Waals surface area (Å²) in [6, 6.07) is 11.4. The first-order valence-corrected chi connectivity index (χ1v) is 9.53. The Balaban J connectivity index is 2.57. The molecule has 134 valence electrons. The minimum absolute atomic E-state index is 0.0346. The van der Waals surface area contributed by atoms with E-state index < -0.39 is 22.5 Å². The van der Waals surface area contributed by atoms with Gasteiger partial charge in [0.15, 0.2) is 0 Å². The molecule has 0 aliphatic carbocycles. The van der Waals surface area contributed by atoms with Gasteiger partial charge in [-0.1, -0.05) is 18.2 Å². The highest BCUT2D eigenvalue weighted by Crippen LogP contribution is 2.31. The Morgan fingerprint density at radius 2 is 1.84 bits per heavy atom. The first kappa shape index (κ1) is 19.3. The van der Waals surface area contributed by atoms with Crippen LogP contribution in [0.15, 0.2) is 51.8 Å². The van der Waals surface area contributed by atoms with Gasteiger partial charge in [-0.15, -0.1) is 0 Å². The number of carbonyl (C=O) groups excluding carboxylic acids is 1. The minimum Gasteiger partial charge on any atom is -0.496 e. The number of nitrogens with zero attached hydrogens (tertiary/aromatic N) is 1. The maximum absolute atomic E-state index is 13.1. The van der Waals surface area contributed by atoms with Crippen molar-refractivity contribution in [2.45, 2.75) is 11.8 Å². The Labute approximate surface area is 155 Å². The van der Waals surface area contributed by atoms with Crippen LogP contribution in [-0.4, -0.2) is 35.2 Å². The van der Waals surface area contributed by atoms with Crippen molar-refractivity contribution in [2.24, 2.45) is 0 Å². The number of benzene rings is 2. The number of esters is 1. The average Bonchev–Trinajstić information content (AvgIpc) is 2.60. The van der Waals surface area contributed by atoms with Gasteiger partial charge in [-0.3, -0.25) is 9.10 Å². The molecular formula is C17H18BrNO5S. The van der Waals surface area contributed by atoms with Crippen molar-refractivity contribution in [2.75, 3.05) is 25.1 Å². The lowest BCUT2D eigenvalue weighted by Gasteiger charge is -2.25. The number of aryl methyl sites for hydroxylation is 1. The monoisotopic (exact) mass is 427 g/mol. The molecule has 2 aromatic rings. The van der Waals surface area contributed by atoms with E-state index in [-0.39, 0.29) is 4.90 Å². The summed E-state index contributed by atoms with van der Waals surface area (Å²) in [6.45, 7) is 1.35. The van der Waals surface area contributed by atoms with Crippen LogP contribution < -0.4 is 9.04 Å². The lowest BCUT2D eigenvalue weighted by molar-refractivity contribution is -0.138. The van der Waals surface area contributed by atoms with Crippen LogP contribution in [0.4, 0.5) is 5.69 Å². The van der Waals surface area contributed by atoms with Gasteiger partial charge in [-0.25, -0.2) is 8.42 Å². The van der Waals surface area contributed by atoms with Gasteiger partial charge >= 0.3 is 5.97 Å². The van der Waals surface area contributed by atoms with Crippen LogP contribution in [0.25, 0.3) is 0 Å². The average molecular weight is 428 g/mol. The van der Waals surface area contributed by atoms with Crippen molar-refractivity contribution >= 4 is 37.6 Å². The summed E-state index contributed by atoms with van der Waals surface area (Å²) in [7, 11) is -1.27. The molecule has 0 N–H and O–H groups in total. The molecule has 0 radical (unpaired) electrons. The number of hydrogen-bond acceptors (Lipinski definition) is 5. The van der Waals surface area contributed by atoms with Crippen LogP contribution in [0.2, 0.25) is 0 Å². The molecule has 2 rings (SSSR count). The minimum atomic E-state index is -3.98. The fourth-order valence-electron chi connectivity index (χ4n) is 2.26. The SMILES string of the molecule is COC(=O)CN(c1ccccc1C)S(=O)(=O)c1ccc(OC)c(Br)c1. The second-order valence-electron chi connectivity index (χ2n) is 5.17. The lowest BCUT2D eigenvalue weighted by Crippen LogP contribution is -2.36. The predicted molar refractivity (Wildman–Crippen MR) is 98.4 cm³/mol. The Kier molecular flexibility index (Phi) is 6.07. The van der Waals surface area contributed by atoms with Gasteiger partial charge in [0.2, 0.25) is 0 Å². The zero-order valence-electron chi connectivity index (χ0n) is 14.0. The lowest BCUT2D eigenvalue weighted by atomic mass is 10.2. The number of para-hydroxylation sites is 1. The third kappa shape index (κ3) is 4.13. The van der Waals surface area contributed by atoms with Crippen molar-refractivity contribution in [3.05, 3.63) is 52.5 Å². The molecule has 0 amide bonds. The topological polar surface area (TPSA) is 72.9 Å². The van der Waals surface area contributed by atoms with E-state index in [1.54, 1.807) is 37.3 Å². The number of anilines is 1. The fourth-order valence-corrected chi connectivity index (χ4v) is 4.45. The second-order valence-corrected chi connectivity index (χ2v) is 7.89. The highest BCUT2D eigenvalue weighted by Gasteiger charge is 2.29. The normalized spacial score (nSPS) is 11.0. The summed E-state index contributed by atoms with van der Waals surface area (Å²) in [5.74, 6) is -0.145. The Bertz CT molecular complexity index is 882. The van der Waals surface area contributed by atoms with Crippen LogP contribution in [0.5, 0.6) is 5.75 Å². The summed E-state index contributed by atoms with van der Waals surface area (Å²) in [6.07, 6.45) is 0. The number of ether oxygens (including phenoxy) is 2. The highest BCUT2D eigenvalue weighted by molar-refractivity contribution is 9.10. The molecule has 0 aromatic heterocycles. The van der Waals surface area contributed by atoms with Crippen molar-refractivity contribution in [1.29, 1.82) is 0 Å². The van der Waals surface area contributed by atoms with Gasteiger partial charge in [-0.05, 0) is 52.7 Å². The van der Waals surface area contributed by atoms with Crippen molar-refractivity contribution in [1.82, 2.24) is 0 Å². The molecule has 0 heterocycles. The van der Waals surface area contributed by atoms with E-state index in [2.05, 4.69) is 20.7 Å². The molecule has 0 saturated carbocycles. The molecule has 8 heteroatoms. The van der Waals surface area contributed by atoms with E-state index in [0.717, 1.165) is 9.87 Å². The Morgan fingerprint density at radius 3 is 2.40 bits per heavy atom. The first-order valence-electron chi connectivity index (χ1n) is 7.30. The smallest absolute Gasteiger partial charge is 0.326 e. The summed E-state index contributed by atoms with van der Waals surface area (Å²) < 4.78 is 37.6. The van der Waals surface area contributed by atoms with Crippen LogP contribution in [-0.2, 0) is 19.6 Å². The van der Waals surface area contributed by atoms with Gasteiger partial charge < -0.3 is 9.47 Å². The number of rotatable bonds is 6. The molecule has 0 unspecified atom stereocenters. The van der Waals surface area contributed by atoms with Crippen molar-refractivity contribution in [3.8, 4) is 5.75 Å². The zero-order valence-corrected chi connectivity index (χ0v) is 16.4. The third-order valence-corrected chi connectivity index (χ3v) is 5.97. The van der Waals surface area contributed by atoms with Crippen LogP contribution in [0.3, 0.4) is 0 Å². The zero-order chi connectivity index (χ0) is 18.6. The molecule has 0 saturated heterocycles. The maximum Gasteiger partial charge on any atom is 0.326 e. The second kappa shape index (κ2) is 7.88. The summed E-state index contributed by atoms with van der Waals surface area (Å²) in [4.78, 5) is 11.8. The highest BCUT2D eigenvalue weighted by atomic mass is 79.9. The largest absolute Gasteiger partial charge is 0.496 e. The fraction of sp³-hybridized carbons (Fsp3) is 0.235. The first-order chi connectivity index (χ1) is 11.8. The van der Waals surface area contributed by atoms with Gasteiger partial charge in [0, 0.05) is 0 Å². The third-order valence-electron chi connectivity index (χ3n) is 3.60. The van der Waals surface area contributed by atoms with E-state index in [1.165, 1.54) is 26.4 Å². The number of carbonyl (C=O) groups is 1. The number of hydrogen-bond donors (Lipinski definition) is 0. The van der Waals surface area contributed by atoms with E-state index in [4.69, 9.17) is 4.74 Å². The molecule has 0 atom stereocenters. The maximum atomic E-state index is 13.1. The van der Waals surface area contributed by atoms with E-state index in [1.807, 2.05) is 0 Å². The van der Waals surface area contributed by atoms with E-state index >= 15 is 0 Å². The number of sulfonamides is 1. The van der Waals surface area contributed by atoms with Crippen LogP contribution in [0, 0.1) is 6.92 Å². The molecule has 6 nitrogen and oxygen atoms in total. The molecular weight excluding hydrogens is 410 g/mol. The Morgan fingerprint density at radius 1 is 1.16 bits per heavy atom. The molecule has 0 bridgehead atoms. The van der Waals surface area contributed by atoms with E-state index in [0.29, 0.717) is 15.9 Å². The van der Waals surface area contributed by atoms with Gasteiger partial charge in [0.1, 0.15) is 12.3 Å². The summed E-state index contributed by atoms with van der Waals surface area (Å²) in [5.41, 5.74) is 1.14. The molecule has 0 aliphatic heterocycles. The molecule has 0 spiro atoms. The molecule has 0 fully saturated rings. The summed E-state index contributed by atoms with van der Waals surface area (Å²) in [5, 5.41) is 0. The van der Waals surface area contributed by atoms with Gasteiger partial charge in [-0.2, -0.15) is 0 Å². The van der Waals surface area contributed by atoms with Gasteiger partial charge in [0.05, 0.1) is 29.3 Å². The molecule has 25 heavy (non-hydrogen) atoms. The van der Waals surface area contributed by atoms with Gasteiger partial charge in [0.25, 0.3) is 10.0 Å². The molecule has 2 aromatic carbocycles. The number of methoxy groups -OCH3 is 2. The predicted octanol–water partition coefficient (Wildman–Crippen LogP) is 3.13. The molecule has 0 aliphatic rings. The van der Waals surface area contributed by atoms with Crippen molar-refractivity contribution < 1.29 is 22.7 Å². The van der Waals surface area contributed by atoms with Crippen molar-refractivity contribution in [3.63, 3.8) is 0 Å². The van der Waals surface area contributed by atoms with Crippen LogP contribution in [0.1, 0.15) is 5.56 Å². The standard InChI is InChI=1S/C17H18BrNO5S/c1-12-6-4-5-7-15(12)19(11-17(20)24-3)25(21,22)13-8-9-16(23-2)14(18)10-13/h4-10H,11H2,1-3H3. The quantitative estimate of drug-likeness (QED) is 0.662. The summed E-state index contributed by atoms with van der Waals surface area (Å²) >= 11 is 3.28. The Hall–Kier alpha value is -2.06. The van der Waals surface area contributed by atoms with E-state index in [9.17, 15) is 13.2 Å².